The molecule has 1 amide bonds. The standard InChI is InChI=1S/C14H11ClFNOS/c15-13-7-5-11(19-13)6-8-14(18)17-9-10-3-1-2-4-12(10)16/h1-8H,9H2,(H,17,18). The van der Waals surface area contributed by atoms with E-state index in [0.717, 1.165) is 4.88 Å². The van der Waals surface area contributed by atoms with E-state index in [4.69, 9.17) is 11.6 Å². The minimum atomic E-state index is -0.322. The third-order valence-electron chi connectivity index (χ3n) is 2.40. The number of hydrogen-bond acceptors (Lipinski definition) is 2. The van der Waals surface area contributed by atoms with E-state index < -0.39 is 0 Å². The topological polar surface area (TPSA) is 29.1 Å². The van der Waals surface area contributed by atoms with Crippen LogP contribution in [0.15, 0.2) is 42.5 Å². The third-order valence-corrected chi connectivity index (χ3v) is 3.60. The summed E-state index contributed by atoms with van der Waals surface area (Å²) in [5, 5.41) is 2.62. The van der Waals surface area contributed by atoms with Crippen molar-refractivity contribution in [1.82, 2.24) is 5.32 Å². The Hall–Kier alpha value is -1.65. The zero-order valence-corrected chi connectivity index (χ0v) is 11.5. The second-order valence-electron chi connectivity index (χ2n) is 3.78. The van der Waals surface area contributed by atoms with Crippen molar-refractivity contribution in [2.75, 3.05) is 0 Å². The molecular weight excluding hydrogens is 285 g/mol. The number of hydrogen-bond donors (Lipinski definition) is 1. The maximum atomic E-state index is 13.3. The Balaban J connectivity index is 1.88. The highest BCUT2D eigenvalue weighted by Crippen LogP contribution is 2.22. The van der Waals surface area contributed by atoms with Gasteiger partial charge in [-0.15, -0.1) is 11.3 Å². The first-order chi connectivity index (χ1) is 9.15. The Morgan fingerprint density at radius 1 is 1.32 bits per heavy atom. The fourth-order valence-electron chi connectivity index (χ4n) is 1.46. The Kier molecular flexibility index (Phi) is 4.71. The van der Waals surface area contributed by atoms with Crippen molar-refractivity contribution in [1.29, 1.82) is 0 Å². The first-order valence-electron chi connectivity index (χ1n) is 5.60. The predicted molar refractivity (Wildman–Crippen MR) is 76.6 cm³/mol. The van der Waals surface area contributed by atoms with Crippen molar-refractivity contribution in [2.24, 2.45) is 0 Å². The van der Waals surface area contributed by atoms with Gasteiger partial charge < -0.3 is 5.32 Å². The lowest BCUT2D eigenvalue weighted by atomic mass is 10.2. The average Bonchev–Trinajstić information content (AvgIpc) is 2.81. The molecule has 1 N–H and O–H groups in total. The highest BCUT2D eigenvalue weighted by molar-refractivity contribution is 7.17. The Labute approximate surface area is 119 Å². The zero-order chi connectivity index (χ0) is 13.7. The van der Waals surface area contributed by atoms with Crippen LogP contribution < -0.4 is 5.32 Å². The first-order valence-corrected chi connectivity index (χ1v) is 6.79. The van der Waals surface area contributed by atoms with Crippen LogP contribution in [0.3, 0.4) is 0 Å². The molecule has 0 fully saturated rings. The van der Waals surface area contributed by atoms with Crippen LogP contribution in [0.1, 0.15) is 10.4 Å². The lowest BCUT2D eigenvalue weighted by Gasteiger charge is -2.03. The minimum absolute atomic E-state index is 0.168. The molecule has 2 aromatic rings. The van der Waals surface area contributed by atoms with Gasteiger partial charge in [0.05, 0.1) is 4.34 Å². The van der Waals surface area contributed by atoms with Gasteiger partial charge in [-0.25, -0.2) is 4.39 Å². The maximum Gasteiger partial charge on any atom is 0.244 e. The Morgan fingerprint density at radius 3 is 2.79 bits per heavy atom. The molecule has 1 heterocycles. The van der Waals surface area contributed by atoms with Gasteiger partial charge in [0, 0.05) is 23.1 Å². The van der Waals surface area contributed by atoms with Crippen LogP contribution in [-0.4, -0.2) is 5.91 Å². The third kappa shape index (κ3) is 4.19. The summed E-state index contributed by atoms with van der Waals surface area (Å²) in [5.41, 5.74) is 0.461. The van der Waals surface area contributed by atoms with E-state index in [2.05, 4.69) is 5.32 Å². The van der Waals surface area contributed by atoms with Crippen molar-refractivity contribution >= 4 is 34.9 Å². The summed E-state index contributed by atoms with van der Waals surface area (Å²) in [5.74, 6) is -0.593. The van der Waals surface area contributed by atoms with E-state index in [0.29, 0.717) is 9.90 Å². The zero-order valence-electron chi connectivity index (χ0n) is 9.90. The molecule has 0 spiro atoms. The van der Waals surface area contributed by atoms with E-state index in [-0.39, 0.29) is 18.3 Å². The summed E-state index contributed by atoms with van der Waals surface area (Å²) in [6.45, 7) is 0.168. The second kappa shape index (κ2) is 6.50. The second-order valence-corrected chi connectivity index (χ2v) is 5.53. The smallest absolute Gasteiger partial charge is 0.244 e. The number of carbonyl (C=O) groups is 1. The summed E-state index contributed by atoms with van der Waals surface area (Å²) in [7, 11) is 0. The quantitative estimate of drug-likeness (QED) is 0.852. The summed E-state index contributed by atoms with van der Waals surface area (Å²) in [6, 6.07) is 9.94. The summed E-state index contributed by atoms with van der Waals surface area (Å²) >= 11 is 7.16. The number of carbonyl (C=O) groups excluding carboxylic acids is 1. The van der Waals surface area contributed by atoms with Crippen molar-refractivity contribution in [2.45, 2.75) is 6.54 Å². The number of halogens is 2. The molecule has 0 atom stereocenters. The van der Waals surface area contributed by atoms with Gasteiger partial charge in [0.2, 0.25) is 5.91 Å². The highest BCUT2D eigenvalue weighted by atomic mass is 35.5. The normalized spacial score (nSPS) is 10.8. The van der Waals surface area contributed by atoms with Crippen LogP contribution in [0.2, 0.25) is 4.34 Å². The van der Waals surface area contributed by atoms with E-state index in [1.54, 1.807) is 30.3 Å². The Morgan fingerprint density at radius 2 is 2.11 bits per heavy atom. The molecule has 0 aliphatic rings. The van der Waals surface area contributed by atoms with Gasteiger partial charge in [-0.3, -0.25) is 4.79 Å². The van der Waals surface area contributed by atoms with Gasteiger partial charge in [0.25, 0.3) is 0 Å². The van der Waals surface area contributed by atoms with Gasteiger partial charge in [-0.2, -0.15) is 0 Å². The lowest BCUT2D eigenvalue weighted by Crippen LogP contribution is -2.20. The number of amides is 1. The first kappa shape index (κ1) is 13.8. The van der Waals surface area contributed by atoms with Crippen molar-refractivity contribution in [3.8, 4) is 0 Å². The minimum Gasteiger partial charge on any atom is -0.348 e. The van der Waals surface area contributed by atoms with Crippen LogP contribution >= 0.6 is 22.9 Å². The van der Waals surface area contributed by atoms with Crippen molar-refractivity contribution in [3.05, 3.63) is 63.1 Å². The number of nitrogens with one attached hydrogen (secondary N) is 1. The van der Waals surface area contributed by atoms with Gasteiger partial charge >= 0.3 is 0 Å². The molecule has 5 heteroatoms. The summed E-state index contributed by atoms with van der Waals surface area (Å²) in [6.07, 6.45) is 3.08. The molecule has 19 heavy (non-hydrogen) atoms. The van der Waals surface area contributed by atoms with E-state index in [1.165, 1.54) is 23.5 Å². The van der Waals surface area contributed by atoms with Gasteiger partial charge in [-0.1, -0.05) is 29.8 Å². The van der Waals surface area contributed by atoms with Gasteiger partial charge in [-0.05, 0) is 24.3 Å². The van der Waals surface area contributed by atoms with Crippen LogP contribution in [0, 0.1) is 5.82 Å². The van der Waals surface area contributed by atoms with Crippen molar-refractivity contribution < 1.29 is 9.18 Å². The molecule has 1 aromatic carbocycles. The van der Waals surface area contributed by atoms with Gasteiger partial charge in [0.15, 0.2) is 0 Å². The average molecular weight is 296 g/mol. The van der Waals surface area contributed by atoms with Gasteiger partial charge in [0.1, 0.15) is 5.82 Å². The Bertz CT molecular complexity index is 609. The largest absolute Gasteiger partial charge is 0.348 e. The van der Waals surface area contributed by atoms with E-state index in [9.17, 15) is 9.18 Å². The lowest BCUT2D eigenvalue weighted by molar-refractivity contribution is -0.116. The molecule has 0 saturated heterocycles. The molecule has 0 aliphatic carbocycles. The monoisotopic (exact) mass is 295 g/mol. The fourth-order valence-corrected chi connectivity index (χ4v) is 2.42. The fraction of sp³-hybridized carbons (Fsp3) is 0.0714. The van der Waals surface area contributed by atoms with E-state index >= 15 is 0 Å². The highest BCUT2D eigenvalue weighted by Gasteiger charge is 2.02. The molecule has 98 valence electrons. The van der Waals surface area contributed by atoms with Crippen LogP contribution in [-0.2, 0) is 11.3 Å². The van der Waals surface area contributed by atoms with Crippen LogP contribution in [0.4, 0.5) is 4.39 Å². The number of benzene rings is 1. The molecule has 0 bridgehead atoms. The summed E-state index contributed by atoms with van der Waals surface area (Å²) in [4.78, 5) is 12.5. The SMILES string of the molecule is O=C(C=Cc1ccc(Cl)s1)NCc1ccccc1F. The van der Waals surface area contributed by atoms with Crippen molar-refractivity contribution in [3.63, 3.8) is 0 Å². The molecule has 0 radical (unpaired) electrons. The molecule has 0 unspecified atom stereocenters. The molecule has 2 rings (SSSR count). The van der Waals surface area contributed by atoms with Crippen LogP contribution in [0.5, 0.6) is 0 Å². The molecule has 2 nitrogen and oxygen atoms in total. The molecule has 1 aromatic heterocycles. The number of thiophene rings is 1. The summed E-state index contributed by atoms with van der Waals surface area (Å²) < 4.78 is 14.0. The van der Waals surface area contributed by atoms with Crippen LogP contribution in [0.25, 0.3) is 6.08 Å². The number of rotatable bonds is 4. The van der Waals surface area contributed by atoms with E-state index in [1.807, 2.05) is 6.07 Å². The predicted octanol–water partition coefficient (Wildman–Crippen LogP) is 3.87. The molecule has 0 aliphatic heterocycles. The molecular formula is C14H11ClFNOS. The molecule has 0 saturated carbocycles. The maximum absolute atomic E-state index is 13.3.